The molecule has 5 nitrogen and oxygen atoms in total. The Labute approximate surface area is 126 Å². The topological polar surface area (TPSA) is 59.4 Å². The Bertz CT molecular complexity index is 523. The maximum atomic E-state index is 12.0. The van der Waals surface area contributed by atoms with E-state index in [0.29, 0.717) is 17.7 Å². The van der Waals surface area contributed by atoms with E-state index < -0.39 is 0 Å². The fourth-order valence-electron chi connectivity index (χ4n) is 2.47. The number of hydrogen-bond donors (Lipinski definition) is 1. The summed E-state index contributed by atoms with van der Waals surface area (Å²) >= 11 is 0. The standard InChI is InChI=1S/C16H22N4O/c1-19-7-3-8-20(11-10-19)9-6-16(21)18-15-5-2-4-14(12-15)13-17/h2,4-5,12H,3,6-11H2,1H3,(H,18,21). The summed E-state index contributed by atoms with van der Waals surface area (Å²) in [7, 11) is 2.14. The average molecular weight is 286 g/mol. The van der Waals surface area contributed by atoms with Crippen LogP contribution >= 0.6 is 0 Å². The van der Waals surface area contributed by atoms with Crippen molar-refractivity contribution < 1.29 is 4.79 Å². The van der Waals surface area contributed by atoms with Gasteiger partial charge in [0.1, 0.15) is 0 Å². The third kappa shape index (κ3) is 5.18. The van der Waals surface area contributed by atoms with Crippen LogP contribution in [0.2, 0.25) is 0 Å². The Morgan fingerprint density at radius 3 is 3.00 bits per heavy atom. The average Bonchev–Trinajstić information content (AvgIpc) is 2.70. The van der Waals surface area contributed by atoms with Crippen LogP contribution in [0.3, 0.4) is 0 Å². The van der Waals surface area contributed by atoms with E-state index in [1.54, 1.807) is 24.3 Å². The molecule has 0 radical (unpaired) electrons. The molecule has 1 saturated heterocycles. The highest BCUT2D eigenvalue weighted by molar-refractivity contribution is 5.90. The van der Waals surface area contributed by atoms with Crippen LogP contribution in [0.15, 0.2) is 24.3 Å². The molecule has 112 valence electrons. The molecule has 1 aliphatic heterocycles. The smallest absolute Gasteiger partial charge is 0.225 e. The molecule has 2 rings (SSSR count). The number of nitrogens with zero attached hydrogens (tertiary/aromatic N) is 3. The Hall–Kier alpha value is -1.90. The Kier molecular flexibility index (Phi) is 5.73. The van der Waals surface area contributed by atoms with Crippen molar-refractivity contribution in [1.29, 1.82) is 5.26 Å². The van der Waals surface area contributed by atoms with Crippen LogP contribution in [-0.4, -0.2) is 55.5 Å². The zero-order valence-electron chi connectivity index (χ0n) is 12.5. The minimum absolute atomic E-state index is 0.00249. The Balaban J connectivity index is 1.78. The van der Waals surface area contributed by atoms with Gasteiger partial charge in [0, 0.05) is 31.7 Å². The monoisotopic (exact) mass is 286 g/mol. The lowest BCUT2D eigenvalue weighted by Crippen LogP contribution is -2.31. The highest BCUT2D eigenvalue weighted by Gasteiger charge is 2.13. The summed E-state index contributed by atoms with van der Waals surface area (Å²) in [5.41, 5.74) is 1.25. The van der Waals surface area contributed by atoms with E-state index in [2.05, 4.69) is 28.2 Å². The molecule has 0 atom stereocenters. The lowest BCUT2D eigenvalue weighted by atomic mass is 10.2. The summed E-state index contributed by atoms with van der Waals surface area (Å²) in [6, 6.07) is 9.07. The minimum Gasteiger partial charge on any atom is -0.326 e. The van der Waals surface area contributed by atoms with Crippen LogP contribution in [0.5, 0.6) is 0 Å². The molecular weight excluding hydrogens is 264 g/mol. The lowest BCUT2D eigenvalue weighted by Gasteiger charge is -2.19. The van der Waals surface area contributed by atoms with Gasteiger partial charge in [-0.15, -0.1) is 0 Å². The van der Waals surface area contributed by atoms with Crippen molar-refractivity contribution in [2.24, 2.45) is 0 Å². The van der Waals surface area contributed by atoms with E-state index in [0.717, 1.165) is 39.1 Å². The fraction of sp³-hybridized carbons (Fsp3) is 0.500. The molecule has 1 aliphatic rings. The van der Waals surface area contributed by atoms with Crippen molar-refractivity contribution >= 4 is 11.6 Å². The molecule has 0 aromatic heterocycles. The molecule has 0 bridgehead atoms. The quantitative estimate of drug-likeness (QED) is 0.912. The van der Waals surface area contributed by atoms with Crippen molar-refractivity contribution in [2.45, 2.75) is 12.8 Å². The molecule has 1 fully saturated rings. The van der Waals surface area contributed by atoms with Gasteiger partial charge in [0.25, 0.3) is 0 Å². The van der Waals surface area contributed by atoms with Crippen molar-refractivity contribution in [2.75, 3.05) is 45.1 Å². The summed E-state index contributed by atoms with van der Waals surface area (Å²) in [4.78, 5) is 16.6. The maximum Gasteiger partial charge on any atom is 0.225 e. The molecule has 1 amide bonds. The third-order valence-electron chi connectivity index (χ3n) is 3.74. The molecular formula is C16H22N4O. The second kappa shape index (κ2) is 7.77. The SMILES string of the molecule is CN1CCCN(CCC(=O)Nc2cccc(C#N)c2)CC1. The molecule has 0 spiro atoms. The van der Waals surface area contributed by atoms with Gasteiger partial charge >= 0.3 is 0 Å². The first kappa shape index (κ1) is 15.5. The second-order valence-electron chi connectivity index (χ2n) is 5.49. The van der Waals surface area contributed by atoms with Crippen molar-refractivity contribution in [3.05, 3.63) is 29.8 Å². The Morgan fingerprint density at radius 2 is 2.19 bits per heavy atom. The van der Waals surface area contributed by atoms with Crippen molar-refractivity contribution in [3.8, 4) is 6.07 Å². The number of benzene rings is 1. The molecule has 1 N–H and O–H groups in total. The van der Waals surface area contributed by atoms with Crippen LogP contribution in [-0.2, 0) is 4.79 Å². The number of amides is 1. The molecule has 21 heavy (non-hydrogen) atoms. The third-order valence-corrected chi connectivity index (χ3v) is 3.74. The molecule has 1 aromatic carbocycles. The summed E-state index contributed by atoms with van der Waals surface area (Å²) in [6.45, 7) is 5.06. The predicted molar refractivity (Wildman–Crippen MR) is 83.0 cm³/mol. The van der Waals surface area contributed by atoms with E-state index in [-0.39, 0.29) is 5.91 Å². The Morgan fingerprint density at radius 1 is 1.33 bits per heavy atom. The maximum absolute atomic E-state index is 12.0. The number of nitriles is 1. The first-order chi connectivity index (χ1) is 10.2. The van der Waals surface area contributed by atoms with Gasteiger partial charge in [-0.2, -0.15) is 5.26 Å². The van der Waals surface area contributed by atoms with E-state index in [9.17, 15) is 4.79 Å². The van der Waals surface area contributed by atoms with Gasteiger partial charge in [-0.3, -0.25) is 4.79 Å². The van der Waals surface area contributed by atoms with Crippen LogP contribution in [0, 0.1) is 11.3 Å². The molecule has 0 saturated carbocycles. The number of carbonyl (C=O) groups excluding carboxylic acids is 1. The van der Waals surface area contributed by atoms with Gasteiger partial charge in [0.15, 0.2) is 0 Å². The molecule has 0 aliphatic carbocycles. The predicted octanol–water partition coefficient (Wildman–Crippen LogP) is 1.52. The van der Waals surface area contributed by atoms with Gasteiger partial charge in [-0.05, 0) is 44.8 Å². The van der Waals surface area contributed by atoms with E-state index >= 15 is 0 Å². The molecule has 0 unspecified atom stereocenters. The number of likely N-dealkylation sites (N-methyl/N-ethyl adjacent to an activating group) is 1. The zero-order valence-corrected chi connectivity index (χ0v) is 12.5. The van der Waals surface area contributed by atoms with Gasteiger partial charge in [0.05, 0.1) is 11.6 Å². The van der Waals surface area contributed by atoms with Crippen LogP contribution < -0.4 is 5.32 Å². The summed E-state index contributed by atoms with van der Waals surface area (Å²) in [6.07, 6.45) is 1.64. The summed E-state index contributed by atoms with van der Waals surface area (Å²) < 4.78 is 0. The number of carbonyl (C=O) groups is 1. The minimum atomic E-state index is 0.00249. The largest absolute Gasteiger partial charge is 0.326 e. The van der Waals surface area contributed by atoms with Crippen molar-refractivity contribution in [3.63, 3.8) is 0 Å². The number of anilines is 1. The molecule has 1 heterocycles. The number of hydrogen-bond acceptors (Lipinski definition) is 4. The first-order valence-corrected chi connectivity index (χ1v) is 7.38. The van der Waals surface area contributed by atoms with E-state index in [1.165, 1.54) is 0 Å². The van der Waals surface area contributed by atoms with Crippen molar-refractivity contribution in [1.82, 2.24) is 9.80 Å². The summed E-state index contributed by atoms with van der Waals surface area (Å²) in [5.74, 6) is 0.00249. The van der Waals surface area contributed by atoms with Crippen LogP contribution in [0.4, 0.5) is 5.69 Å². The second-order valence-corrected chi connectivity index (χ2v) is 5.49. The van der Waals surface area contributed by atoms with Crippen LogP contribution in [0.1, 0.15) is 18.4 Å². The normalized spacial score (nSPS) is 17.0. The van der Waals surface area contributed by atoms with Gasteiger partial charge in [-0.1, -0.05) is 6.07 Å². The van der Waals surface area contributed by atoms with Gasteiger partial charge in [-0.25, -0.2) is 0 Å². The highest BCUT2D eigenvalue weighted by atomic mass is 16.1. The van der Waals surface area contributed by atoms with Crippen LogP contribution in [0.25, 0.3) is 0 Å². The van der Waals surface area contributed by atoms with Gasteiger partial charge < -0.3 is 15.1 Å². The first-order valence-electron chi connectivity index (χ1n) is 7.38. The zero-order chi connectivity index (χ0) is 15.1. The molecule has 5 heteroatoms. The fourth-order valence-corrected chi connectivity index (χ4v) is 2.47. The number of rotatable bonds is 4. The molecule has 1 aromatic rings. The van der Waals surface area contributed by atoms with E-state index in [1.807, 2.05) is 0 Å². The van der Waals surface area contributed by atoms with Gasteiger partial charge in [0.2, 0.25) is 5.91 Å². The highest BCUT2D eigenvalue weighted by Crippen LogP contribution is 2.10. The lowest BCUT2D eigenvalue weighted by molar-refractivity contribution is -0.116. The summed E-state index contributed by atoms with van der Waals surface area (Å²) in [5, 5.41) is 11.7. The van der Waals surface area contributed by atoms with E-state index in [4.69, 9.17) is 5.26 Å². The number of nitrogens with one attached hydrogen (secondary N) is 1.